The monoisotopic (exact) mass is 336 g/mol. The molecule has 2 aliphatic heterocycles. The van der Waals surface area contributed by atoms with Crippen molar-refractivity contribution in [3.8, 4) is 11.1 Å². The molecule has 6 nitrogen and oxygen atoms in total. The van der Waals surface area contributed by atoms with E-state index in [2.05, 4.69) is 29.5 Å². The average Bonchev–Trinajstić information content (AvgIpc) is 2.93. The Labute approximate surface area is 146 Å². The van der Waals surface area contributed by atoms with E-state index in [9.17, 15) is 9.59 Å². The molecule has 3 heterocycles. The maximum absolute atomic E-state index is 12.2. The molecule has 0 atom stereocenters. The van der Waals surface area contributed by atoms with Crippen LogP contribution in [0.25, 0.3) is 11.1 Å². The quantitative estimate of drug-likeness (QED) is 0.885. The van der Waals surface area contributed by atoms with Crippen LogP contribution in [-0.2, 0) is 11.2 Å². The molecule has 2 N–H and O–H groups in total. The number of nitrogens with one attached hydrogen (secondary N) is 2. The Hall–Kier alpha value is -2.89. The molecule has 1 saturated heterocycles. The molecule has 1 aromatic carbocycles. The number of likely N-dealkylation sites (tertiary alicyclic amines) is 1. The summed E-state index contributed by atoms with van der Waals surface area (Å²) in [6.45, 7) is 5.86. The topological polar surface area (TPSA) is 74.3 Å². The summed E-state index contributed by atoms with van der Waals surface area (Å²) in [6.07, 6.45) is 2.04. The van der Waals surface area contributed by atoms with E-state index in [1.54, 1.807) is 11.1 Å². The number of carbonyl (C=O) groups excluding carboxylic acids is 2. The summed E-state index contributed by atoms with van der Waals surface area (Å²) in [5, 5.41) is 5.69. The van der Waals surface area contributed by atoms with Crippen molar-refractivity contribution in [1.29, 1.82) is 0 Å². The lowest BCUT2D eigenvalue weighted by Crippen LogP contribution is -2.56. The van der Waals surface area contributed by atoms with E-state index in [4.69, 9.17) is 0 Å². The Kier molecular flexibility index (Phi) is 3.49. The number of hydrogen-bond donors (Lipinski definition) is 2. The first-order chi connectivity index (χ1) is 11.9. The van der Waals surface area contributed by atoms with Crippen molar-refractivity contribution in [3.05, 3.63) is 42.1 Å². The number of aromatic nitrogens is 1. The maximum atomic E-state index is 12.2. The summed E-state index contributed by atoms with van der Waals surface area (Å²) in [4.78, 5) is 29.8. The molecule has 0 radical (unpaired) electrons. The minimum absolute atomic E-state index is 0.0312. The summed E-state index contributed by atoms with van der Waals surface area (Å²) < 4.78 is 0. The van der Waals surface area contributed by atoms with Crippen molar-refractivity contribution in [1.82, 2.24) is 9.88 Å². The lowest BCUT2D eigenvalue weighted by atomic mass is 9.85. The molecule has 3 amide bonds. The molecule has 1 fully saturated rings. The number of nitrogens with zero attached hydrogens (tertiary/aromatic N) is 2. The minimum atomic E-state index is -0.0633. The van der Waals surface area contributed by atoms with Crippen LogP contribution in [0.5, 0.6) is 0 Å². The molecule has 0 saturated carbocycles. The number of pyridine rings is 1. The largest absolute Gasteiger partial charge is 0.323 e. The van der Waals surface area contributed by atoms with E-state index in [1.807, 2.05) is 30.3 Å². The highest BCUT2D eigenvalue weighted by Gasteiger charge is 2.37. The van der Waals surface area contributed by atoms with Crippen molar-refractivity contribution in [3.63, 3.8) is 0 Å². The number of anilines is 2. The molecule has 4 rings (SSSR count). The van der Waals surface area contributed by atoms with Gasteiger partial charge in [0.2, 0.25) is 5.91 Å². The van der Waals surface area contributed by atoms with Crippen LogP contribution in [-0.4, -0.2) is 34.9 Å². The van der Waals surface area contributed by atoms with Crippen LogP contribution in [0.15, 0.2) is 36.5 Å². The van der Waals surface area contributed by atoms with Gasteiger partial charge in [-0.25, -0.2) is 9.78 Å². The van der Waals surface area contributed by atoms with Gasteiger partial charge in [0.15, 0.2) is 0 Å². The van der Waals surface area contributed by atoms with Gasteiger partial charge in [-0.1, -0.05) is 26.0 Å². The smallest absolute Gasteiger partial charge is 0.321 e. The number of fused-ring (bicyclic) bond motifs is 1. The zero-order valence-electron chi connectivity index (χ0n) is 14.3. The molecule has 25 heavy (non-hydrogen) atoms. The second-order valence-corrected chi connectivity index (χ2v) is 7.44. The summed E-state index contributed by atoms with van der Waals surface area (Å²) >= 11 is 0. The molecule has 128 valence electrons. The Balaban J connectivity index is 1.49. The number of amides is 3. The SMILES string of the molecule is CC1(C)CN(C(=O)Nc2ccc(-c3ccnc4c3CC(=O)N4)cc2)C1. The molecule has 2 aromatic rings. The minimum Gasteiger partial charge on any atom is -0.323 e. The normalized spacial score (nSPS) is 17.5. The van der Waals surface area contributed by atoms with Gasteiger partial charge < -0.3 is 15.5 Å². The Bertz CT molecular complexity index is 850. The van der Waals surface area contributed by atoms with Crippen molar-refractivity contribution in [2.75, 3.05) is 23.7 Å². The van der Waals surface area contributed by atoms with Crippen molar-refractivity contribution in [2.45, 2.75) is 20.3 Å². The van der Waals surface area contributed by atoms with Crippen LogP contribution in [0, 0.1) is 5.41 Å². The van der Waals surface area contributed by atoms with Crippen molar-refractivity contribution >= 4 is 23.4 Å². The summed E-state index contributed by atoms with van der Waals surface area (Å²) in [7, 11) is 0. The van der Waals surface area contributed by atoms with Gasteiger partial charge >= 0.3 is 6.03 Å². The van der Waals surface area contributed by atoms with E-state index in [0.29, 0.717) is 12.2 Å². The predicted octanol–water partition coefficient (Wildman–Crippen LogP) is 3.12. The fourth-order valence-electron chi connectivity index (χ4n) is 3.45. The third-order valence-corrected chi connectivity index (χ3v) is 4.62. The van der Waals surface area contributed by atoms with Crippen LogP contribution in [0.4, 0.5) is 16.3 Å². The van der Waals surface area contributed by atoms with E-state index in [1.165, 1.54) is 0 Å². The third kappa shape index (κ3) is 2.95. The van der Waals surface area contributed by atoms with Crippen molar-refractivity contribution in [2.24, 2.45) is 5.41 Å². The van der Waals surface area contributed by atoms with E-state index in [0.717, 1.165) is 35.5 Å². The predicted molar refractivity (Wildman–Crippen MR) is 96.4 cm³/mol. The number of benzene rings is 1. The average molecular weight is 336 g/mol. The lowest BCUT2D eigenvalue weighted by molar-refractivity contribution is -0.115. The van der Waals surface area contributed by atoms with Gasteiger partial charge in [-0.05, 0) is 29.3 Å². The molecule has 0 aliphatic carbocycles. The first kappa shape index (κ1) is 15.6. The second-order valence-electron chi connectivity index (χ2n) is 7.44. The first-order valence-corrected chi connectivity index (χ1v) is 8.35. The van der Waals surface area contributed by atoms with Gasteiger partial charge in [0.05, 0.1) is 6.42 Å². The van der Waals surface area contributed by atoms with Gasteiger partial charge in [0.1, 0.15) is 5.82 Å². The fourth-order valence-corrected chi connectivity index (χ4v) is 3.45. The second kappa shape index (κ2) is 5.58. The Morgan fingerprint density at radius 3 is 2.60 bits per heavy atom. The zero-order valence-corrected chi connectivity index (χ0v) is 14.3. The molecular weight excluding hydrogens is 316 g/mol. The van der Waals surface area contributed by atoms with Gasteiger partial charge in [0.25, 0.3) is 0 Å². The van der Waals surface area contributed by atoms with Crippen LogP contribution in [0.3, 0.4) is 0 Å². The van der Waals surface area contributed by atoms with Gasteiger partial charge in [0, 0.05) is 36.0 Å². The van der Waals surface area contributed by atoms with Gasteiger partial charge in [-0.15, -0.1) is 0 Å². The lowest BCUT2D eigenvalue weighted by Gasteiger charge is -2.45. The van der Waals surface area contributed by atoms with E-state index < -0.39 is 0 Å². The van der Waals surface area contributed by atoms with Crippen LogP contribution >= 0.6 is 0 Å². The Morgan fingerprint density at radius 2 is 1.92 bits per heavy atom. The Morgan fingerprint density at radius 1 is 1.20 bits per heavy atom. The first-order valence-electron chi connectivity index (χ1n) is 8.35. The molecule has 6 heteroatoms. The van der Waals surface area contributed by atoms with Gasteiger partial charge in [-0.3, -0.25) is 4.79 Å². The maximum Gasteiger partial charge on any atom is 0.321 e. The fraction of sp³-hybridized carbons (Fsp3) is 0.316. The van der Waals surface area contributed by atoms with Gasteiger partial charge in [-0.2, -0.15) is 0 Å². The summed E-state index contributed by atoms with van der Waals surface area (Å²) in [5.41, 5.74) is 3.89. The van der Waals surface area contributed by atoms with E-state index >= 15 is 0 Å². The number of hydrogen-bond acceptors (Lipinski definition) is 3. The highest BCUT2D eigenvalue weighted by atomic mass is 16.2. The van der Waals surface area contributed by atoms with Crippen LogP contribution < -0.4 is 10.6 Å². The molecule has 2 aliphatic rings. The zero-order chi connectivity index (χ0) is 17.6. The summed E-state index contributed by atoms with van der Waals surface area (Å²) in [5.74, 6) is 0.608. The van der Waals surface area contributed by atoms with Crippen LogP contribution in [0.1, 0.15) is 19.4 Å². The van der Waals surface area contributed by atoms with E-state index in [-0.39, 0.29) is 17.4 Å². The molecule has 0 spiro atoms. The highest BCUT2D eigenvalue weighted by molar-refractivity contribution is 6.00. The molecule has 1 aromatic heterocycles. The molecule has 0 bridgehead atoms. The number of rotatable bonds is 2. The third-order valence-electron chi connectivity index (χ3n) is 4.62. The molecular formula is C19H20N4O2. The highest BCUT2D eigenvalue weighted by Crippen LogP contribution is 2.32. The molecule has 0 unspecified atom stereocenters. The van der Waals surface area contributed by atoms with Crippen LogP contribution in [0.2, 0.25) is 0 Å². The summed E-state index contributed by atoms with van der Waals surface area (Å²) in [6, 6.07) is 9.52. The number of urea groups is 1. The van der Waals surface area contributed by atoms with Crippen molar-refractivity contribution < 1.29 is 9.59 Å². The number of carbonyl (C=O) groups is 2. The standard InChI is InChI=1S/C19H20N4O2/c1-19(2)10-23(11-19)18(25)21-13-5-3-12(4-6-13)14-7-8-20-17-15(14)9-16(24)22-17/h3-8H,9-11H2,1-2H3,(H,21,25)(H,20,22,24).